The summed E-state index contributed by atoms with van der Waals surface area (Å²) >= 11 is 2.95. The topological polar surface area (TPSA) is 107 Å². The van der Waals surface area contributed by atoms with Gasteiger partial charge in [0.15, 0.2) is 0 Å². The number of alkyl halides is 3. The van der Waals surface area contributed by atoms with Crippen molar-refractivity contribution in [2.45, 2.75) is 43.6 Å². The fraction of sp³-hybridized carbons (Fsp3) is 0.385. The molecule has 2 N–H and O–H groups in total. The average molecular weight is 615 g/mol. The molecule has 3 heterocycles. The number of fused-ring (bicyclic) bond motifs is 1. The first-order valence-electron chi connectivity index (χ1n) is 12.6. The highest BCUT2D eigenvalue weighted by Crippen LogP contribution is 2.39. The Morgan fingerprint density at radius 1 is 1.18 bits per heavy atom. The van der Waals surface area contributed by atoms with E-state index in [0.717, 1.165) is 54.1 Å². The normalized spacial score (nSPS) is 13.8. The monoisotopic (exact) mass is 614 g/mol. The van der Waals surface area contributed by atoms with E-state index in [-0.39, 0.29) is 0 Å². The van der Waals surface area contributed by atoms with Crippen molar-refractivity contribution in [2.24, 2.45) is 5.92 Å². The maximum Gasteiger partial charge on any atom is 0.490 e. The summed E-state index contributed by atoms with van der Waals surface area (Å²) in [6.07, 6.45) is -0.973. The van der Waals surface area contributed by atoms with Crippen LogP contribution < -0.4 is 4.31 Å². The Kier molecular flexibility index (Phi) is 9.22. The predicted molar refractivity (Wildman–Crippen MR) is 151 cm³/mol. The molecule has 0 aliphatic heterocycles. The fourth-order valence-electron chi connectivity index (χ4n) is 4.02. The minimum Gasteiger partial charge on any atom is -0.475 e. The van der Waals surface area contributed by atoms with Gasteiger partial charge in [-0.05, 0) is 55.4 Å². The van der Waals surface area contributed by atoms with E-state index in [2.05, 4.69) is 34.8 Å². The number of anilines is 1. The van der Waals surface area contributed by atoms with Crippen LogP contribution in [-0.2, 0) is 21.4 Å². The molecule has 0 spiro atoms. The molecule has 40 heavy (non-hydrogen) atoms. The SMILES string of the molecule is CCN(CC)Cc1cnc(-c2cc3cccc(N(CC4CC4)S(=O)(=O)c4cccs4)c3[nH]2)s1.O=C(O)C(F)(F)F. The van der Waals surface area contributed by atoms with Crippen molar-refractivity contribution in [3.05, 3.63) is 52.9 Å². The van der Waals surface area contributed by atoms with Crippen LogP contribution in [0.2, 0.25) is 0 Å². The van der Waals surface area contributed by atoms with Gasteiger partial charge in [-0.15, -0.1) is 22.7 Å². The number of H-pyrrole nitrogens is 1. The largest absolute Gasteiger partial charge is 0.490 e. The second-order valence-electron chi connectivity index (χ2n) is 9.23. The molecule has 1 aliphatic carbocycles. The Balaban J connectivity index is 0.000000470. The smallest absolute Gasteiger partial charge is 0.475 e. The van der Waals surface area contributed by atoms with E-state index in [1.807, 2.05) is 29.8 Å². The number of sulfonamides is 1. The van der Waals surface area contributed by atoms with Crippen molar-refractivity contribution in [1.82, 2.24) is 14.9 Å². The number of carboxylic acid groups (broad SMARTS) is 1. The summed E-state index contributed by atoms with van der Waals surface area (Å²) in [6, 6.07) is 11.4. The van der Waals surface area contributed by atoms with Crippen molar-refractivity contribution in [2.75, 3.05) is 23.9 Å². The number of hydrogen-bond acceptors (Lipinski definition) is 7. The fourth-order valence-corrected chi connectivity index (χ4v) is 7.60. The van der Waals surface area contributed by atoms with Crippen LogP contribution >= 0.6 is 22.7 Å². The van der Waals surface area contributed by atoms with E-state index < -0.39 is 22.2 Å². The lowest BCUT2D eigenvalue weighted by Crippen LogP contribution is -2.32. The molecular formula is C26H29F3N4O4S3. The van der Waals surface area contributed by atoms with Gasteiger partial charge >= 0.3 is 12.1 Å². The van der Waals surface area contributed by atoms with Crippen molar-refractivity contribution in [3.8, 4) is 10.7 Å². The molecule has 3 aromatic heterocycles. The number of benzene rings is 1. The quantitative estimate of drug-likeness (QED) is 0.213. The molecule has 4 aromatic rings. The van der Waals surface area contributed by atoms with Crippen LogP contribution in [0.5, 0.6) is 0 Å². The number of nitrogens with one attached hydrogen (secondary N) is 1. The number of rotatable bonds is 10. The third-order valence-electron chi connectivity index (χ3n) is 6.36. The van der Waals surface area contributed by atoms with Crippen LogP contribution in [0.4, 0.5) is 18.9 Å². The first-order valence-corrected chi connectivity index (χ1v) is 15.7. The zero-order valence-electron chi connectivity index (χ0n) is 21.8. The van der Waals surface area contributed by atoms with Crippen LogP contribution in [0.25, 0.3) is 21.6 Å². The molecule has 8 nitrogen and oxygen atoms in total. The molecule has 1 aliphatic rings. The zero-order valence-corrected chi connectivity index (χ0v) is 24.3. The highest BCUT2D eigenvalue weighted by atomic mass is 32.2. The summed E-state index contributed by atoms with van der Waals surface area (Å²) in [7, 11) is -3.61. The van der Waals surface area contributed by atoms with Gasteiger partial charge < -0.3 is 10.1 Å². The number of aromatic amines is 1. The number of thiophene rings is 1. The number of thiazole rings is 1. The number of nitrogens with zero attached hydrogens (tertiary/aromatic N) is 3. The van der Waals surface area contributed by atoms with E-state index in [9.17, 15) is 21.6 Å². The minimum absolute atomic E-state index is 0.382. The van der Waals surface area contributed by atoms with Gasteiger partial charge in [0.05, 0.1) is 16.9 Å². The standard InChI is InChI=1S/C24H28N4O2S3.C2HF3O2/c1-3-27(4-2)16-19-14-25-24(32-19)20-13-18-7-5-8-21(23(18)26-20)28(15-17-10-11-17)33(29,30)22-9-6-12-31-22;3-2(4,5)1(6)7/h5-9,12-14,17,26H,3-4,10-11,15-16H2,1-2H3;(H,6,7). The van der Waals surface area contributed by atoms with Gasteiger partial charge in [0.25, 0.3) is 10.0 Å². The number of carbonyl (C=O) groups is 1. The molecule has 0 saturated heterocycles. The van der Waals surface area contributed by atoms with Gasteiger partial charge in [-0.25, -0.2) is 18.2 Å². The molecule has 0 atom stereocenters. The molecule has 14 heteroatoms. The Bertz CT molecular complexity index is 1540. The number of carboxylic acids is 1. The van der Waals surface area contributed by atoms with Gasteiger partial charge in [0.1, 0.15) is 9.22 Å². The molecule has 5 rings (SSSR count). The van der Waals surface area contributed by atoms with E-state index in [1.54, 1.807) is 27.8 Å². The van der Waals surface area contributed by atoms with Crippen molar-refractivity contribution < 1.29 is 31.5 Å². The Hall–Kier alpha value is -2.94. The average Bonchev–Trinajstić information content (AvgIpc) is 3.31. The molecule has 0 radical (unpaired) electrons. The lowest BCUT2D eigenvalue weighted by molar-refractivity contribution is -0.192. The summed E-state index contributed by atoms with van der Waals surface area (Å²) < 4.78 is 60.8. The zero-order chi connectivity index (χ0) is 29.1. The summed E-state index contributed by atoms with van der Waals surface area (Å²) in [4.78, 5) is 20.6. The van der Waals surface area contributed by atoms with E-state index in [0.29, 0.717) is 22.4 Å². The van der Waals surface area contributed by atoms with E-state index in [1.165, 1.54) is 16.2 Å². The number of aromatic nitrogens is 2. The van der Waals surface area contributed by atoms with Crippen molar-refractivity contribution in [1.29, 1.82) is 0 Å². The maximum absolute atomic E-state index is 13.5. The highest BCUT2D eigenvalue weighted by molar-refractivity contribution is 7.94. The van der Waals surface area contributed by atoms with Crippen molar-refractivity contribution >= 4 is 55.3 Å². The molecule has 1 aromatic carbocycles. The van der Waals surface area contributed by atoms with Crippen molar-refractivity contribution in [3.63, 3.8) is 0 Å². The van der Waals surface area contributed by atoms with Gasteiger partial charge in [-0.3, -0.25) is 9.21 Å². The molecule has 0 amide bonds. The molecule has 1 saturated carbocycles. The summed E-state index contributed by atoms with van der Waals surface area (Å²) in [5, 5.41) is 10.9. The molecule has 216 valence electrons. The Labute approximate surface area is 238 Å². The lowest BCUT2D eigenvalue weighted by Gasteiger charge is -2.24. The number of halogens is 3. The molecule has 0 unspecified atom stereocenters. The van der Waals surface area contributed by atoms with Gasteiger partial charge in [-0.1, -0.05) is 32.0 Å². The molecular weight excluding hydrogens is 586 g/mol. The second kappa shape index (κ2) is 12.3. The highest BCUT2D eigenvalue weighted by Gasteiger charge is 2.38. The summed E-state index contributed by atoms with van der Waals surface area (Å²) in [5.74, 6) is -2.33. The first-order chi connectivity index (χ1) is 18.9. The third kappa shape index (κ3) is 7.03. The third-order valence-corrected chi connectivity index (χ3v) is 10.5. The van der Waals surface area contributed by atoms with Gasteiger partial charge in [-0.2, -0.15) is 13.2 Å². The van der Waals surface area contributed by atoms with Gasteiger partial charge in [0, 0.05) is 29.5 Å². The Morgan fingerprint density at radius 2 is 1.88 bits per heavy atom. The van der Waals surface area contributed by atoms with E-state index in [4.69, 9.17) is 9.90 Å². The first kappa shape index (κ1) is 30.0. The second-order valence-corrected chi connectivity index (χ2v) is 13.4. The van der Waals surface area contributed by atoms with E-state index >= 15 is 0 Å². The number of para-hydroxylation sites is 1. The van der Waals surface area contributed by atoms with Crippen LogP contribution in [0.15, 0.2) is 52.2 Å². The van der Waals surface area contributed by atoms with Crippen LogP contribution in [0.3, 0.4) is 0 Å². The predicted octanol–water partition coefficient (Wildman–Crippen LogP) is 6.43. The number of aliphatic carboxylic acids is 1. The van der Waals surface area contributed by atoms with Gasteiger partial charge in [0.2, 0.25) is 0 Å². The minimum atomic E-state index is -5.08. The van der Waals surface area contributed by atoms with Crippen LogP contribution in [0, 0.1) is 5.92 Å². The maximum atomic E-state index is 13.5. The molecule has 1 fully saturated rings. The Morgan fingerprint density at radius 3 is 2.45 bits per heavy atom. The lowest BCUT2D eigenvalue weighted by atomic mass is 10.2. The summed E-state index contributed by atoms with van der Waals surface area (Å²) in [6.45, 7) is 7.76. The van der Waals surface area contributed by atoms with Crippen LogP contribution in [-0.4, -0.2) is 60.2 Å². The molecule has 0 bridgehead atoms. The number of hydrogen-bond donors (Lipinski definition) is 2. The van der Waals surface area contributed by atoms with Crippen LogP contribution in [0.1, 0.15) is 31.6 Å². The summed E-state index contributed by atoms with van der Waals surface area (Å²) in [5.41, 5.74) is 2.47.